The average molecular weight is 314 g/mol. The van der Waals surface area contributed by atoms with E-state index in [1.54, 1.807) is 0 Å². The minimum Gasteiger partial charge on any atom is -0.326 e. The lowest BCUT2D eigenvalue weighted by atomic mass is 9.80. The van der Waals surface area contributed by atoms with Gasteiger partial charge in [-0.3, -0.25) is 0 Å². The second kappa shape index (κ2) is 6.42. The highest BCUT2D eigenvalue weighted by atomic mass is 32.2. The van der Waals surface area contributed by atoms with Gasteiger partial charge in [0.25, 0.3) is 0 Å². The van der Waals surface area contributed by atoms with E-state index in [-0.39, 0.29) is 29.0 Å². The van der Waals surface area contributed by atoms with E-state index in [1.807, 2.05) is 0 Å². The Hall–Kier alpha value is -0.980. The molecule has 0 bridgehead atoms. The molecule has 3 atom stereocenters. The lowest BCUT2D eigenvalue weighted by Crippen LogP contribution is -2.42. The Bertz CT molecular complexity index is 604. The molecule has 3 N–H and O–H groups in total. The number of hydrogen-bond acceptors (Lipinski definition) is 3. The molecule has 1 aromatic carbocycles. The summed E-state index contributed by atoms with van der Waals surface area (Å²) in [6, 6.07) is 3.94. The molecule has 1 aromatic rings. The third-order valence-corrected chi connectivity index (χ3v) is 5.88. The Morgan fingerprint density at radius 2 is 2.05 bits per heavy atom. The van der Waals surface area contributed by atoms with Gasteiger partial charge in [-0.15, -0.1) is 0 Å². The number of rotatable bonds is 4. The zero-order chi connectivity index (χ0) is 15.6. The van der Waals surface area contributed by atoms with E-state index >= 15 is 0 Å². The smallest absolute Gasteiger partial charge is 0.241 e. The van der Waals surface area contributed by atoms with Crippen molar-refractivity contribution in [2.75, 3.05) is 0 Å². The summed E-state index contributed by atoms with van der Waals surface area (Å²) in [4.78, 5) is -0.0455. The fourth-order valence-electron chi connectivity index (χ4n) is 3.09. The molecule has 21 heavy (non-hydrogen) atoms. The summed E-state index contributed by atoms with van der Waals surface area (Å²) in [6.45, 7) is 4.10. The summed E-state index contributed by atoms with van der Waals surface area (Å²) in [5.41, 5.74) is 5.54. The number of benzene rings is 1. The summed E-state index contributed by atoms with van der Waals surface area (Å²) < 4.78 is 41.5. The first kappa shape index (κ1) is 16.4. The van der Waals surface area contributed by atoms with Gasteiger partial charge < -0.3 is 5.73 Å². The van der Waals surface area contributed by atoms with Crippen LogP contribution < -0.4 is 10.5 Å². The largest absolute Gasteiger partial charge is 0.326 e. The molecule has 0 spiro atoms. The van der Waals surface area contributed by atoms with Crippen LogP contribution in [0.15, 0.2) is 23.1 Å². The molecular weight excluding hydrogens is 291 g/mol. The van der Waals surface area contributed by atoms with Crippen LogP contribution in [0.5, 0.6) is 0 Å². The maximum Gasteiger partial charge on any atom is 0.241 e. The first-order valence-electron chi connectivity index (χ1n) is 7.35. The molecule has 3 unspecified atom stereocenters. The molecule has 1 aliphatic carbocycles. The fourth-order valence-corrected chi connectivity index (χ4v) is 4.73. The van der Waals surface area contributed by atoms with Crippen LogP contribution >= 0.6 is 0 Å². The highest BCUT2D eigenvalue weighted by molar-refractivity contribution is 7.89. The molecule has 0 heterocycles. The Morgan fingerprint density at radius 3 is 2.67 bits per heavy atom. The lowest BCUT2D eigenvalue weighted by Gasteiger charge is -2.33. The molecule has 4 nitrogen and oxygen atoms in total. The molecule has 1 fully saturated rings. The van der Waals surface area contributed by atoms with Gasteiger partial charge in [-0.05, 0) is 43.2 Å². The van der Waals surface area contributed by atoms with Crippen LogP contribution in [0.3, 0.4) is 0 Å². The Balaban J connectivity index is 2.25. The van der Waals surface area contributed by atoms with E-state index in [2.05, 4.69) is 18.6 Å². The van der Waals surface area contributed by atoms with Crippen molar-refractivity contribution >= 4 is 10.0 Å². The molecule has 0 amide bonds. The van der Waals surface area contributed by atoms with Crippen LogP contribution in [-0.4, -0.2) is 14.5 Å². The highest BCUT2D eigenvalue weighted by Gasteiger charge is 2.30. The van der Waals surface area contributed by atoms with Crippen molar-refractivity contribution in [3.05, 3.63) is 29.6 Å². The molecule has 1 saturated carbocycles. The standard InChI is InChI=1S/C15H23FN2O2S/c1-10-6-7-14(11(2)8-10)18-21(19,20)15-5-3-4-13(16)12(15)9-17/h3-5,10-11,14,18H,6-9,17H2,1-2H3. The van der Waals surface area contributed by atoms with Crippen LogP contribution in [0.25, 0.3) is 0 Å². The SMILES string of the molecule is CC1CCC(NS(=O)(=O)c2cccc(F)c2CN)C(C)C1. The van der Waals surface area contributed by atoms with E-state index in [0.29, 0.717) is 5.92 Å². The predicted octanol–water partition coefficient (Wildman–Crippen LogP) is 2.39. The molecule has 6 heteroatoms. The Morgan fingerprint density at radius 1 is 1.33 bits per heavy atom. The Kier molecular flexibility index (Phi) is 5.01. The monoisotopic (exact) mass is 314 g/mol. The fraction of sp³-hybridized carbons (Fsp3) is 0.600. The van der Waals surface area contributed by atoms with Crippen LogP contribution in [-0.2, 0) is 16.6 Å². The van der Waals surface area contributed by atoms with Gasteiger partial charge in [-0.1, -0.05) is 19.9 Å². The molecule has 0 saturated heterocycles. The minimum atomic E-state index is -3.75. The summed E-state index contributed by atoms with van der Waals surface area (Å²) in [5, 5.41) is 0. The summed E-state index contributed by atoms with van der Waals surface area (Å²) in [5.74, 6) is 0.318. The van der Waals surface area contributed by atoms with Crippen molar-refractivity contribution in [2.45, 2.75) is 50.6 Å². The highest BCUT2D eigenvalue weighted by Crippen LogP contribution is 2.30. The van der Waals surface area contributed by atoms with Gasteiger partial charge in [-0.2, -0.15) is 0 Å². The second-order valence-corrected chi connectivity index (χ2v) is 7.73. The van der Waals surface area contributed by atoms with Gasteiger partial charge in [0.15, 0.2) is 0 Å². The zero-order valence-corrected chi connectivity index (χ0v) is 13.3. The summed E-state index contributed by atoms with van der Waals surface area (Å²) >= 11 is 0. The van der Waals surface area contributed by atoms with Gasteiger partial charge in [0.05, 0.1) is 4.90 Å². The van der Waals surface area contributed by atoms with Gasteiger partial charge in [-0.25, -0.2) is 17.5 Å². The zero-order valence-electron chi connectivity index (χ0n) is 12.5. The predicted molar refractivity (Wildman–Crippen MR) is 80.6 cm³/mol. The number of nitrogens with one attached hydrogen (secondary N) is 1. The van der Waals surface area contributed by atoms with Crippen LogP contribution in [0.1, 0.15) is 38.7 Å². The van der Waals surface area contributed by atoms with E-state index in [9.17, 15) is 12.8 Å². The van der Waals surface area contributed by atoms with Crippen molar-refractivity contribution < 1.29 is 12.8 Å². The summed E-state index contributed by atoms with van der Waals surface area (Å²) in [7, 11) is -3.75. The quantitative estimate of drug-likeness (QED) is 0.896. The second-order valence-electron chi connectivity index (χ2n) is 6.04. The topological polar surface area (TPSA) is 72.2 Å². The normalized spacial score (nSPS) is 26.8. The van der Waals surface area contributed by atoms with Crippen molar-refractivity contribution in [1.82, 2.24) is 4.72 Å². The third kappa shape index (κ3) is 3.62. The molecular formula is C15H23FN2O2S. The first-order valence-corrected chi connectivity index (χ1v) is 8.83. The minimum absolute atomic E-state index is 0.0434. The third-order valence-electron chi connectivity index (χ3n) is 4.31. The van der Waals surface area contributed by atoms with Gasteiger partial charge >= 0.3 is 0 Å². The van der Waals surface area contributed by atoms with Crippen LogP contribution in [0.4, 0.5) is 4.39 Å². The molecule has 1 aliphatic rings. The number of sulfonamides is 1. The average Bonchev–Trinajstić information content (AvgIpc) is 2.41. The van der Waals surface area contributed by atoms with E-state index in [1.165, 1.54) is 18.2 Å². The lowest BCUT2D eigenvalue weighted by molar-refractivity contribution is 0.249. The molecule has 118 valence electrons. The van der Waals surface area contributed by atoms with E-state index in [0.717, 1.165) is 19.3 Å². The van der Waals surface area contributed by atoms with E-state index in [4.69, 9.17) is 5.73 Å². The molecule has 2 rings (SSSR count). The van der Waals surface area contributed by atoms with Crippen molar-refractivity contribution in [2.24, 2.45) is 17.6 Å². The van der Waals surface area contributed by atoms with E-state index < -0.39 is 15.8 Å². The molecule has 0 aliphatic heterocycles. The van der Waals surface area contributed by atoms with Crippen LogP contribution in [0.2, 0.25) is 0 Å². The molecule has 0 aromatic heterocycles. The number of nitrogens with two attached hydrogens (primary N) is 1. The van der Waals surface area contributed by atoms with Crippen molar-refractivity contribution in [1.29, 1.82) is 0 Å². The maximum absolute atomic E-state index is 13.7. The Labute approximate surface area is 126 Å². The van der Waals surface area contributed by atoms with Crippen LogP contribution in [0, 0.1) is 17.7 Å². The summed E-state index contributed by atoms with van der Waals surface area (Å²) in [6.07, 6.45) is 2.82. The number of hydrogen-bond donors (Lipinski definition) is 2. The van der Waals surface area contributed by atoms with Gasteiger partial charge in [0.1, 0.15) is 5.82 Å². The van der Waals surface area contributed by atoms with Gasteiger partial charge in [0.2, 0.25) is 10.0 Å². The first-order chi connectivity index (χ1) is 9.85. The van der Waals surface area contributed by atoms with Crippen molar-refractivity contribution in [3.8, 4) is 0 Å². The number of halogens is 1. The molecule has 0 radical (unpaired) electrons. The van der Waals surface area contributed by atoms with Crippen molar-refractivity contribution in [3.63, 3.8) is 0 Å². The maximum atomic E-state index is 13.7. The van der Waals surface area contributed by atoms with Gasteiger partial charge in [0, 0.05) is 18.2 Å².